The highest BCUT2D eigenvalue weighted by Crippen LogP contribution is 2.44. The molecule has 0 aromatic rings. The van der Waals surface area contributed by atoms with Crippen molar-refractivity contribution in [2.75, 3.05) is 0 Å². The molecule has 0 bridgehead atoms. The second kappa shape index (κ2) is 5.85. The topological polar surface area (TPSA) is 46.5 Å². The SMILES string of the molecule is CCCC[C@H]1CC[C@@H](C)[C@]1(O)C(=O)OC(C)C. The van der Waals surface area contributed by atoms with E-state index < -0.39 is 11.6 Å². The van der Waals surface area contributed by atoms with Gasteiger partial charge in [-0.1, -0.05) is 26.7 Å². The fraction of sp³-hybridized carbons (Fsp3) is 0.929. The third-order valence-electron chi connectivity index (χ3n) is 3.90. The first kappa shape index (κ1) is 14.5. The van der Waals surface area contributed by atoms with Gasteiger partial charge in [0.15, 0.2) is 5.60 Å². The smallest absolute Gasteiger partial charge is 0.338 e. The first-order chi connectivity index (χ1) is 7.92. The minimum absolute atomic E-state index is 0.00982. The van der Waals surface area contributed by atoms with Gasteiger partial charge in [-0.05, 0) is 44.9 Å². The van der Waals surface area contributed by atoms with Crippen LogP contribution in [0.25, 0.3) is 0 Å². The molecule has 1 N–H and O–H groups in total. The summed E-state index contributed by atoms with van der Waals surface area (Å²) in [6.07, 6.45) is 4.77. The van der Waals surface area contributed by atoms with E-state index in [9.17, 15) is 9.90 Å². The summed E-state index contributed by atoms with van der Waals surface area (Å²) in [5.41, 5.74) is -1.25. The second-order valence-electron chi connectivity index (χ2n) is 5.60. The zero-order valence-corrected chi connectivity index (χ0v) is 11.5. The van der Waals surface area contributed by atoms with Crippen molar-refractivity contribution in [3.8, 4) is 0 Å². The van der Waals surface area contributed by atoms with Crippen molar-refractivity contribution in [2.24, 2.45) is 11.8 Å². The lowest BCUT2D eigenvalue weighted by Crippen LogP contribution is -2.48. The van der Waals surface area contributed by atoms with E-state index in [1.54, 1.807) is 0 Å². The summed E-state index contributed by atoms with van der Waals surface area (Å²) >= 11 is 0. The van der Waals surface area contributed by atoms with E-state index in [1.165, 1.54) is 0 Å². The maximum absolute atomic E-state index is 12.1. The Bertz CT molecular complexity index is 262. The van der Waals surface area contributed by atoms with Gasteiger partial charge in [0.2, 0.25) is 0 Å². The van der Waals surface area contributed by atoms with E-state index in [4.69, 9.17) is 4.74 Å². The van der Waals surface area contributed by atoms with E-state index >= 15 is 0 Å². The summed E-state index contributed by atoms with van der Waals surface area (Å²) < 4.78 is 5.23. The molecule has 1 fully saturated rings. The van der Waals surface area contributed by atoms with Crippen LogP contribution in [0, 0.1) is 11.8 Å². The number of carbonyl (C=O) groups is 1. The normalized spacial score (nSPS) is 33.1. The second-order valence-corrected chi connectivity index (χ2v) is 5.60. The van der Waals surface area contributed by atoms with Crippen molar-refractivity contribution < 1.29 is 14.6 Å². The van der Waals surface area contributed by atoms with E-state index in [-0.39, 0.29) is 17.9 Å². The Morgan fingerprint density at radius 3 is 2.65 bits per heavy atom. The number of unbranched alkanes of at least 4 members (excludes halogenated alkanes) is 1. The van der Waals surface area contributed by atoms with Crippen molar-refractivity contribution in [1.29, 1.82) is 0 Å². The minimum atomic E-state index is -1.25. The molecule has 1 aliphatic rings. The van der Waals surface area contributed by atoms with Crippen molar-refractivity contribution in [3.63, 3.8) is 0 Å². The summed E-state index contributed by atoms with van der Waals surface area (Å²) in [6.45, 7) is 7.72. The number of esters is 1. The highest BCUT2D eigenvalue weighted by atomic mass is 16.6. The quantitative estimate of drug-likeness (QED) is 0.754. The monoisotopic (exact) mass is 242 g/mol. The maximum atomic E-state index is 12.1. The summed E-state index contributed by atoms with van der Waals surface area (Å²) in [5, 5.41) is 10.7. The molecule has 0 aliphatic heterocycles. The molecule has 17 heavy (non-hydrogen) atoms. The van der Waals surface area contributed by atoms with Crippen LogP contribution in [-0.2, 0) is 9.53 Å². The fourth-order valence-corrected chi connectivity index (χ4v) is 2.78. The summed E-state index contributed by atoms with van der Waals surface area (Å²) in [7, 11) is 0. The number of rotatable bonds is 5. The molecule has 0 amide bonds. The maximum Gasteiger partial charge on any atom is 0.338 e. The molecule has 0 spiro atoms. The summed E-state index contributed by atoms with van der Waals surface area (Å²) in [6, 6.07) is 0. The number of carbonyl (C=O) groups excluding carboxylic acids is 1. The zero-order chi connectivity index (χ0) is 13.1. The highest BCUT2D eigenvalue weighted by Gasteiger charge is 2.53. The van der Waals surface area contributed by atoms with Gasteiger partial charge in [0.25, 0.3) is 0 Å². The summed E-state index contributed by atoms with van der Waals surface area (Å²) in [4.78, 5) is 12.1. The molecule has 100 valence electrons. The van der Waals surface area contributed by atoms with E-state index in [0.717, 1.165) is 32.1 Å². The van der Waals surface area contributed by atoms with Crippen LogP contribution in [0.5, 0.6) is 0 Å². The van der Waals surface area contributed by atoms with Gasteiger partial charge in [0.05, 0.1) is 6.10 Å². The van der Waals surface area contributed by atoms with E-state index in [0.29, 0.717) is 0 Å². The molecule has 0 radical (unpaired) electrons. The molecule has 3 heteroatoms. The standard InChI is InChI=1S/C14H26O3/c1-5-6-7-12-9-8-11(4)14(12,16)13(15)17-10(2)3/h10-12,16H,5-9H2,1-4H3/t11-,12+,14-/m1/s1. The Kier molecular flexibility index (Phi) is 4.99. The number of ether oxygens (including phenoxy) is 1. The summed E-state index contributed by atoms with van der Waals surface area (Å²) in [5.74, 6) is -0.335. The number of hydrogen-bond acceptors (Lipinski definition) is 3. The van der Waals surface area contributed by atoms with Gasteiger partial charge in [0, 0.05) is 0 Å². The molecule has 0 aromatic heterocycles. The molecule has 1 aliphatic carbocycles. The molecule has 1 rings (SSSR count). The van der Waals surface area contributed by atoms with Gasteiger partial charge < -0.3 is 9.84 Å². The molecular weight excluding hydrogens is 216 g/mol. The van der Waals surface area contributed by atoms with Crippen LogP contribution < -0.4 is 0 Å². The Hall–Kier alpha value is -0.570. The first-order valence-electron chi connectivity index (χ1n) is 6.86. The van der Waals surface area contributed by atoms with Crippen LogP contribution in [-0.4, -0.2) is 22.8 Å². The van der Waals surface area contributed by atoms with Crippen molar-refractivity contribution in [2.45, 2.75) is 71.5 Å². The number of hydrogen-bond donors (Lipinski definition) is 1. The molecule has 3 atom stereocenters. The molecule has 3 nitrogen and oxygen atoms in total. The van der Waals surface area contributed by atoms with Crippen LogP contribution >= 0.6 is 0 Å². The van der Waals surface area contributed by atoms with Gasteiger partial charge in [-0.2, -0.15) is 0 Å². The minimum Gasteiger partial charge on any atom is -0.461 e. The van der Waals surface area contributed by atoms with Crippen molar-refractivity contribution in [3.05, 3.63) is 0 Å². The van der Waals surface area contributed by atoms with Gasteiger partial charge in [-0.25, -0.2) is 4.79 Å². The van der Waals surface area contributed by atoms with Crippen LogP contribution in [0.2, 0.25) is 0 Å². The third-order valence-corrected chi connectivity index (χ3v) is 3.90. The average Bonchev–Trinajstić information content (AvgIpc) is 2.53. The van der Waals surface area contributed by atoms with Crippen molar-refractivity contribution >= 4 is 5.97 Å². The Labute approximate surface area is 105 Å². The molecule has 0 unspecified atom stereocenters. The predicted molar refractivity (Wildman–Crippen MR) is 67.6 cm³/mol. The lowest BCUT2D eigenvalue weighted by molar-refractivity contribution is -0.178. The third kappa shape index (κ3) is 3.01. The Morgan fingerprint density at radius 2 is 2.12 bits per heavy atom. The van der Waals surface area contributed by atoms with Gasteiger partial charge in [-0.3, -0.25) is 0 Å². The molecule has 0 saturated heterocycles. The first-order valence-corrected chi connectivity index (χ1v) is 6.86. The largest absolute Gasteiger partial charge is 0.461 e. The van der Waals surface area contributed by atoms with Crippen molar-refractivity contribution in [1.82, 2.24) is 0 Å². The van der Waals surface area contributed by atoms with Crippen LogP contribution in [0.3, 0.4) is 0 Å². The highest BCUT2D eigenvalue weighted by molar-refractivity contribution is 5.80. The average molecular weight is 242 g/mol. The van der Waals surface area contributed by atoms with Gasteiger partial charge in [-0.15, -0.1) is 0 Å². The van der Waals surface area contributed by atoms with Crippen LogP contribution in [0.1, 0.15) is 59.8 Å². The Morgan fingerprint density at radius 1 is 1.47 bits per heavy atom. The molecule has 0 heterocycles. The Balaban J connectivity index is 2.75. The molecule has 1 saturated carbocycles. The fourth-order valence-electron chi connectivity index (χ4n) is 2.78. The molecule has 0 aromatic carbocycles. The van der Waals surface area contributed by atoms with Crippen LogP contribution in [0.15, 0.2) is 0 Å². The zero-order valence-electron chi connectivity index (χ0n) is 11.5. The lowest BCUT2D eigenvalue weighted by Gasteiger charge is -2.32. The van der Waals surface area contributed by atoms with E-state index in [1.807, 2.05) is 20.8 Å². The molecular formula is C14H26O3. The predicted octanol–water partition coefficient (Wildman–Crippen LogP) is 2.91. The lowest BCUT2D eigenvalue weighted by atomic mass is 9.82. The van der Waals surface area contributed by atoms with Crippen LogP contribution in [0.4, 0.5) is 0 Å². The van der Waals surface area contributed by atoms with E-state index in [2.05, 4.69) is 6.92 Å². The van der Waals surface area contributed by atoms with Gasteiger partial charge in [0.1, 0.15) is 0 Å². The van der Waals surface area contributed by atoms with Gasteiger partial charge >= 0.3 is 5.97 Å². The number of aliphatic hydroxyl groups is 1.